The van der Waals surface area contributed by atoms with Crippen molar-refractivity contribution in [3.8, 4) is 0 Å². The van der Waals surface area contributed by atoms with E-state index in [1.165, 1.54) is 44.9 Å². The highest BCUT2D eigenvalue weighted by atomic mass is 35.5. The van der Waals surface area contributed by atoms with Gasteiger partial charge in [0.15, 0.2) is 0 Å². The van der Waals surface area contributed by atoms with Crippen molar-refractivity contribution < 1.29 is 4.79 Å². The van der Waals surface area contributed by atoms with Gasteiger partial charge in [0.25, 0.3) is 0 Å². The summed E-state index contributed by atoms with van der Waals surface area (Å²) in [6.07, 6.45) is 11.0. The van der Waals surface area contributed by atoms with Crippen molar-refractivity contribution in [2.75, 3.05) is 20.1 Å². The first kappa shape index (κ1) is 16.2. The smallest absolute Gasteiger partial charge is 0.227 e. The Labute approximate surface area is 145 Å². The van der Waals surface area contributed by atoms with Crippen LogP contribution in [0.15, 0.2) is 0 Å². The molecule has 4 fully saturated rings. The van der Waals surface area contributed by atoms with Crippen LogP contribution in [0, 0.1) is 17.8 Å². The van der Waals surface area contributed by atoms with Crippen LogP contribution >= 0.6 is 11.6 Å². The molecule has 4 rings (SSSR count). The molecule has 3 saturated heterocycles. The van der Waals surface area contributed by atoms with Crippen molar-refractivity contribution >= 4 is 17.5 Å². The van der Waals surface area contributed by atoms with Crippen LogP contribution in [0.3, 0.4) is 0 Å². The number of rotatable bonds is 2. The Morgan fingerprint density at radius 1 is 1.00 bits per heavy atom. The fourth-order valence-electron chi connectivity index (χ4n) is 5.99. The van der Waals surface area contributed by atoms with Gasteiger partial charge in [0, 0.05) is 30.6 Å². The Morgan fingerprint density at radius 2 is 1.70 bits per heavy atom. The minimum Gasteiger partial charge on any atom is -0.342 e. The van der Waals surface area contributed by atoms with Gasteiger partial charge in [-0.05, 0) is 76.7 Å². The van der Waals surface area contributed by atoms with Crippen LogP contribution in [0.4, 0.5) is 0 Å². The number of alkyl halides is 1. The maximum absolute atomic E-state index is 13.3. The summed E-state index contributed by atoms with van der Waals surface area (Å²) in [4.78, 5) is 18.0. The van der Waals surface area contributed by atoms with Crippen molar-refractivity contribution in [3.63, 3.8) is 0 Å². The van der Waals surface area contributed by atoms with Gasteiger partial charge in [-0.3, -0.25) is 9.69 Å². The van der Waals surface area contributed by atoms with Gasteiger partial charge in [0.05, 0.1) is 5.92 Å². The standard InChI is InChI=1S/C19H31ClN2O/c1-21-15-8-9-17(21)18(19(23)22-10-2-3-11-22)16(12-15)13-4-6-14(20)7-5-13/h13-18H,2-12H2,1H3/t13?,14?,15-,16-,17?,18?/m1/s1. The molecule has 4 aliphatic rings. The largest absolute Gasteiger partial charge is 0.342 e. The van der Waals surface area contributed by atoms with Gasteiger partial charge in [0.2, 0.25) is 5.91 Å². The topological polar surface area (TPSA) is 23.6 Å². The first-order chi connectivity index (χ1) is 11.1. The molecule has 4 atom stereocenters. The predicted octanol–water partition coefficient (Wildman–Crippen LogP) is 3.51. The zero-order chi connectivity index (χ0) is 16.0. The first-order valence-electron chi connectivity index (χ1n) is 9.80. The quantitative estimate of drug-likeness (QED) is 0.719. The van der Waals surface area contributed by atoms with Gasteiger partial charge in [-0.15, -0.1) is 11.6 Å². The molecule has 3 aliphatic heterocycles. The van der Waals surface area contributed by atoms with E-state index in [9.17, 15) is 4.79 Å². The number of hydrogen-bond donors (Lipinski definition) is 0. The van der Waals surface area contributed by atoms with E-state index < -0.39 is 0 Å². The summed E-state index contributed by atoms with van der Waals surface area (Å²) in [7, 11) is 2.26. The number of piperidine rings is 1. The van der Waals surface area contributed by atoms with Gasteiger partial charge >= 0.3 is 0 Å². The lowest BCUT2D eigenvalue weighted by Crippen LogP contribution is -2.54. The number of carbonyl (C=O) groups is 1. The molecule has 2 bridgehead atoms. The molecule has 0 N–H and O–H groups in total. The van der Waals surface area contributed by atoms with Crippen LogP contribution in [0.1, 0.15) is 57.8 Å². The maximum Gasteiger partial charge on any atom is 0.227 e. The fourth-order valence-corrected chi connectivity index (χ4v) is 6.24. The molecule has 23 heavy (non-hydrogen) atoms. The van der Waals surface area contributed by atoms with Crippen LogP contribution in [-0.2, 0) is 4.79 Å². The summed E-state index contributed by atoms with van der Waals surface area (Å²) in [5.41, 5.74) is 0. The summed E-state index contributed by atoms with van der Waals surface area (Å²) in [5.74, 6) is 2.09. The highest BCUT2D eigenvalue weighted by molar-refractivity contribution is 6.20. The van der Waals surface area contributed by atoms with Gasteiger partial charge in [0.1, 0.15) is 0 Å². The van der Waals surface area contributed by atoms with Crippen LogP contribution in [0.2, 0.25) is 0 Å². The Kier molecular flexibility index (Phi) is 4.62. The van der Waals surface area contributed by atoms with Crippen LogP contribution in [-0.4, -0.2) is 53.3 Å². The Balaban J connectivity index is 1.56. The van der Waals surface area contributed by atoms with Crippen molar-refractivity contribution in [2.45, 2.75) is 75.2 Å². The SMILES string of the molecule is CN1C2CC[C@@H]1C[C@H](C1CCC(Cl)CC1)C2C(=O)N1CCCC1. The molecule has 1 aliphatic carbocycles. The number of hydrogen-bond acceptors (Lipinski definition) is 2. The summed E-state index contributed by atoms with van der Waals surface area (Å²) in [6.45, 7) is 1.99. The summed E-state index contributed by atoms with van der Waals surface area (Å²) < 4.78 is 0. The highest BCUT2D eigenvalue weighted by Crippen LogP contribution is 2.48. The van der Waals surface area contributed by atoms with E-state index in [2.05, 4.69) is 16.8 Å². The van der Waals surface area contributed by atoms with Crippen LogP contribution in [0.5, 0.6) is 0 Å². The molecule has 1 saturated carbocycles. The number of halogens is 1. The minimum absolute atomic E-state index is 0.258. The Bertz CT molecular complexity index is 443. The third-order valence-electron chi connectivity index (χ3n) is 7.32. The zero-order valence-corrected chi connectivity index (χ0v) is 15.2. The first-order valence-corrected chi connectivity index (χ1v) is 10.2. The predicted molar refractivity (Wildman–Crippen MR) is 93.6 cm³/mol. The monoisotopic (exact) mass is 338 g/mol. The average molecular weight is 339 g/mol. The number of amides is 1. The molecule has 0 spiro atoms. The molecular formula is C19H31ClN2O. The number of fused-ring (bicyclic) bond motifs is 2. The number of carbonyl (C=O) groups excluding carboxylic acids is 1. The van der Waals surface area contributed by atoms with Gasteiger partial charge < -0.3 is 4.90 Å². The van der Waals surface area contributed by atoms with Crippen molar-refractivity contribution in [3.05, 3.63) is 0 Å². The average Bonchev–Trinajstić information content (AvgIpc) is 3.15. The lowest BCUT2D eigenvalue weighted by Gasteiger charge is -2.47. The molecule has 3 heterocycles. The molecule has 0 radical (unpaired) electrons. The fraction of sp³-hybridized carbons (Fsp3) is 0.947. The Hall–Kier alpha value is -0.280. The van der Waals surface area contributed by atoms with Crippen molar-refractivity contribution in [2.24, 2.45) is 17.8 Å². The molecule has 1 amide bonds. The molecule has 3 nitrogen and oxygen atoms in total. The van der Waals surface area contributed by atoms with E-state index in [0.717, 1.165) is 37.9 Å². The van der Waals surface area contributed by atoms with E-state index in [1.54, 1.807) is 0 Å². The lowest BCUT2D eigenvalue weighted by molar-refractivity contribution is -0.142. The second-order valence-corrected chi connectivity index (χ2v) is 9.05. The maximum atomic E-state index is 13.3. The van der Waals surface area contributed by atoms with Crippen LogP contribution < -0.4 is 0 Å². The minimum atomic E-state index is 0.258. The molecular weight excluding hydrogens is 308 g/mol. The van der Waals surface area contributed by atoms with E-state index in [-0.39, 0.29) is 5.92 Å². The van der Waals surface area contributed by atoms with Gasteiger partial charge in [-0.2, -0.15) is 0 Å². The summed E-state index contributed by atoms with van der Waals surface area (Å²) in [6, 6.07) is 1.22. The van der Waals surface area contributed by atoms with Gasteiger partial charge in [-0.25, -0.2) is 0 Å². The molecule has 0 aromatic rings. The zero-order valence-electron chi connectivity index (χ0n) is 14.4. The van der Waals surface area contributed by atoms with Gasteiger partial charge in [-0.1, -0.05) is 0 Å². The highest BCUT2D eigenvalue weighted by Gasteiger charge is 2.51. The summed E-state index contributed by atoms with van der Waals surface area (Å²) >= 11 is 6.33. The summed E-state index contributed by atoms with van der Waals surface area (Å²) in [5, 5.41) is 0.377. The van der Waals surface area contributed by atoms with E-state index in [0.29, 0.717) is 23.2 Å². The van der Waals surface area contributed by atoms with Crippen molar-refractivity contribution in [1.29, 1.82) is 0 Å². The third-order valence-corrected chi connectivity index (χ3v) is 7.76. The second kappa shape index (κ2) is 6.55. The molecule has 130 valence electrons. The van der Waals surface area contributed by atoms with E-state index >= 15 is 0 Å². The van der Waals surface area contributed by atoms with Crippen LogP contribution in [0.25, 0.3) is 0 Å². The second-order valence-electron chi connectivity index (χ2n) is 8.43. The molecule has 0 aromatic heterocycles. The molecule has 4 heteroatoms. The van der Waals surface area contributed by atoms with E-state index in [4.69, 9.17) is 11.6 Å². The lowest BCUT2D eigenvalue weighted by atomic mass is 9.68. The van der Waals surface area contributed by atoms with Crippen molar-refractivity contribution in [1.82, 2.24) is 9.80 Å². The molecule has 0 aromatic carbocycles. The Morgan fingerprint density at radius 3 is 2.39 bits per heavy atom. The normalized spacial score (nSPS) is 44.7. The number of likely N-dealkylation sites (tertiary alicyclic amines) is 1. The third kappa shape index (κ3) is 2.93. The molecule has 2 unspecified atom stereocenters. The number of nitrogens with zero attached hydrogens (tertiary/aromatic N) is 2. The van der Waals surface area contributed by atoms with E-state index in [1.807, 2.05) is 0 Å².